The number of aryl methyl sites for hydroxylation is 1. The van der Waals surface area contributed by atoms with E-state index in [0.717, 1.165) is 5.56 Å². The molecule has 0 fully saturated rings. The van der Waals surface area contributed by atoms with Gasteiger partial charge in [0.1, 0.15) is 5.75 Å². The van der Waals surface area contributed by atoms with Crippen molar-refractivity contribution in [2.45, 2.75) is 33.2 Å². The normalized spacial score (nSPS) is 17.1. The lowest BCUT2D eigenvalue weighted by atomic mass is 9.92. The van der Waals surface area contributed by atoms with Gasteiger partial charge in [-0.1, -0.05) is 26.0 Å². The Kier molecular flexibility index (Phi) is 4.99. The second-order valence-electron chi connectivity index (χ2n) is 7.14. The second-order valence-corrected chi connectivity index (χ2v) is 7.14. The van der Waals surface area contributed by atoms with E-state index in [9.17, 15) is 19.8 Å². The van der Waals surface area contributed by atoms with Crippen molar-refractivity contribution in [2.75, 3.05) is 4.90 Å². The van der Waals surface area contributed by atoms with Crippen LogP contribution in [0.4, 0.5) is 5.69 Å². The molecule has 0 bridgehead atoms. The maximum Gasteiger partial charge on any atom is 0.294 e. The summed E-state index contributed by atoms with van der Waals surface area (Å²) < 4.78 is 0. The fourth-order valence-corrected chi connectivity index (χ4v) is 3.30. The van der Waals surface area contributed by atoms with Gasteiger partial charge in [-0.05, 0) is 42.2 Å². The molecule has 6 nitrogen and oxygen atoms in total. The highest BCUT2D eigenvalue weighted by Gasteiger charge is 2.45. The molecule has 1 aromatic carbocycles. The van der Waals surface area contributed by atoms with E-state index < -0.39 is 17.7 Å². The third-order valence-electron chi connectivity index (χ3n) is 4.49. The van der Waals surface area contributed by atoms with Crippen LogP contribution >= 0.6 is 0 Å². The van der Waals surface area contributed by atoms with Crippen molar-refractivity contribution < 1.29 is 19.8 Å². The number of ketones is 1. The number of hydrogen-bond donors (Lipinski definition) is 2. The van der Waals surface area contributed by atoms with Gasteiger partial charge in [0, 0.05) is 18.8 Å². The van der Waals surface area contributed by atoms with Gasteiger partial charge >= 0.3 is 0 Å². The average molecular weight is 366 g/mol. The SMILES string of the molecule is Cc1ccc(O)c(N2C(=O)C(O)=C(C(=O)CC(C)C)C2c2cccnc2)c1. The molecule has 1 amide bonds. The van der Waals surface area contributed by atoms with E-state index in [4.69, 9.17) is 0 Å². The van der Waals surface area contributed by atoms with Gasteiger partial charge in [-0.2, -0.15) is 0 Å². The van der Waals surface area contributed by atoms with Gasteiger partial charge < -0.3 is 10.2 Å². The number of benzene rings is 1. The Morgan fingerprint density at radius 1 is 1.26 bits per heavy atom. The van der Waals surface area contributed by atoms with E-state index in [1.165, 1.54) is 11.0 Å². The number of anilines is 1. The van der Waals surface area contributed by atoms with Gasteiger partial charge in [0.15, 0.2) is 11.5 Å². The monoisotopic (exact) mass is 366 g/mol. The zero-order valence-electron chi connectivity index (χ0n) is 15.5. The molecule has 1 unspecified atom stereocenters. The molecule has 2 heterocycles. The molecule has 6 heteroatoms. The van der Waals surface area contributed by atoms with Crippen molar-refractivity contribution >= 4 is 17.4 Å². The molecule has 2 N–H and O–H groups in total. The van der Waals surface area contributed by atoms with E-state index in [1.54, 1.807) is 36.7 Å². The average Bonchev–Trinajstić information content (AvgIpc) is 2.89. The fraction of sp³-hybridized carbons (Fsp3) is 0.286. The molecule has 1 atom stereocenters. The van der Waals surface area contributed by atoms with Crippen LogP contribution in [0.3, 0.4) is 0 Å². The number of aliphatic hydroxyl groups is 1. The summed E-state index contributed by atoms with van der Waals surface area (Å²) in [5.74, 6) is -1.61. The van der Waals surface area contributed by atoms with Crippen molar-refractivity contribution in [1.82, 2.24) is 4.98 Å². The number of phenolic OH excluding ortho intramolecular Hbond substituents is 1. The minimum Gasteiger partial charge on any atom is -0.506 e. The number of amides is 1. The zero-order chi connectivity index (χ0) is 19.7. The van der Waals surface area contributed by atoms with Gasteiger partial charge in [-0.3, -0.25) is 19.5 Å². The Bertz CT molecular complexity index is 919. The van der Waals surface area contributed by atoms with Crippen molar-refractivity contribution in [3.8, 4) is 5.75 Å². The molecule has 0 saturated heterocycles. The number of aromatic hydroxyl groups is 1. The first-order chi connectivity index (χ1) is 12.8. The first kappa shape index (κ1) is 18.6. The van der Waals surface area contributed by atoms with Crippen LogP contribution in [0, 0.1) is 12.8 Å². The summed E-state index contributed by atoms with van der Waals surface area (Å²) in [6.07, 6.45) is 3.35. The number of aliphatic hydroxyl groups excluding tert-OH is 1. The molecule has 0 spiro atoms. The van der Waals surface area contributed by atoms with Gasteiger partial charge in [0.25, 0.3) is 5.91 Å². The van der Waals surface area contributed by atoms with Crippen LogP contribution in [0.2, 0.25) is 0 Å². The van der Waals surface area contributed by atoms with E-state index in [1.807, 2.05) is 20.8 Å². The van der Waals surface area contributed by atoms with Crippen LogP contribution in [-0.4, -0.2) is 26.9 Å². The summed E-state index contributed by atoms with van der Waals surface area (Å²) in [5, 5.41) is 20.9. The second kappa shape index (κ2) is 7.23. The number of aromatic nitrogens is 1. The fourth-order valence-electron chi connectivity index (χ4n) is 3.30. The summed E-state index contributed by atoms with van der Waals surface area (Å²) in [6, 6.07) is 7.46. The van der Waals surface area contributed by atoms with E-state index >= 15 is 0 Å². The van der Waals surface area contributed by atoms with Crippen LogP contribution in [0.1, 0.15) is 37.4 Å². The van der Waals surface area contributed by atoms with Crippen molar-refractivity contribution in [1.29, 1.82) is 0 Å². The summed E-state index contributed by atoms with van der Waals surface area (Å²) in [4.78, 5) is 31.1. The molecular weight excluding hydrogens is 344 g/mol. The lowest BCUT2D eigenvalue weighted by molar-refractivity contribution is -0.118. The molecule has 27 heavy (non-hydrogen) atoms. The van der Waals surface area contributed by atoms with Gasteiger partial charge in [-0.25, -0.2) is 0 Å². The molecular formula is C21H22N2O4. The highest BCUT2D eigenvalue weighted by atomic mass is 16.3. The Morgan fingerprint density at radius 2 is 2.00 bits per heavy atom. The zero-order valence-corrected chi connectivity index (χ0v) is 15.5. The summed E-state index contributed by atoms with van der Waals surface area (Å²) in [5.41, 5.74) is 1.71. The standard InChI is InChI=1S/C21H22N2O4/c1-12(2)9-17(25)18-19(14-5-4-8-22-11-14)23(21(27)20(18)26)15-10-13(3)6-7-16(15)24/h4-8,10-12,19,24,26H,9H2,1-3H3. The van der Waals surface area contributed by atoms with E-state index in [-0.39, 0.29) is 35.1 Å². The predicted molar refractivity (Wildman–Crippen MR) is 101 cm³/mol. The summed E-state index contributed by atoms with van der Waals surface area (Å²) >= 11 is 0. The van der Waals surface area contributed by atoms with Crippen molar-refractivity contribution in [3.05, 3.63) is 65.2 Å². The minimum atomic E-state index is -0.842. The van der Waals surface area contributed by atoms with Crippen LogP contribution in [0.5, 0.6) is 5.75 Å². The molecule has 0 aliphatic carbocycles. The van der Waals surface area contributed by atoms with Crippen molar-refractivity contribution in [3.63, 3.8) is 0 Å². The Hall–Kier alpha value is -3.15. The summed E-state index contributed by atoms with van der Waals surface area (Å²) in [6.45, 7) is 5.63. The number of pyridine rings is 1. The lowest BCUT2D eigenvalue weighted by Gasteiger charge is -2.27. The largest absolute Gasteiger partial charge is 0.506 e. The Labute approximate surface area is 157 Å². The van der Waals surface area contributed by atoms with E-state index in [0.29, 0.717) is 5.56 Å². The topological polar surface area (TPSA) is 90.7 Å². The number of nitrogens with zero attached hydrogens (tertiary/aromatic N) is 2. The number of hydrogen-bond acceptors (Lipinski definition) is 5. The molecule has 1 aromatic heterocycles. The number of phenols is 1. The molecule has 140 valence electrons. The Morgan fingerprint density at radius 3 is 2.63 bits per heavy atom. The van der Waals surface area contributed by atoms with Crippen molar-refractivity contribution in [2.24, 2.45) is 5.92 Å². The number of carbonyl (C=O) groups excluding carboxylic acids is 2. The van der Waals surface area contributed by atoms with Gasteiger partial charge in [0.2, 0.25) is 0 Å². The molecule has 3 rings (SSSR count). The first-order valence-corrected chi connectivity index (χ1v) is 8.80. The summed E-state index contributed by atoms with van der Waals surface area (Å²) in [7, 11) is 0. The third kappa shape index (κ3) is 3.43. The minimum absolute atomic E-state index is 0.0441. The van der Waals surface area contributed by atoms with Crippen LogP contribution < -0.4 is 4.90 Å². The highest BCUT2D eigenvalue weighted by molar-refractivity contribution is 6.17. The number of carbonyl (C=O) groups is 2. The predicted octanol–water partition coefficient (Wildman–Crippen LogP) is 3.61. The molecule has 1 aliphatic heterocycles. The molecule has 0 saturated carbocycles. The third-order valence-corrected chi connectivity index (χ3v) is 4.49. The number of Topliss-reactive ketones (excluding diaryl/α,β-unsaturated/α-hetero) is 1. The van der Waals surface area contributed by atoms with Gasteiger partial charge in [0.05, 0.1) is 17.3 Å². The number of rotatable bonds is 5. The smallest absolute Gasteiger partial charge is 0.294 e. The molecule has 2 aromatic rings. The molecule has 1 aliphatic rings. The quantitative estimate of drug-likeness (QED) is 0.843. The van der Waals surface area contributed by atoms with Gasteiger partial charge in [-0.15, -0.1) is 0 Å². The highest BCUT2D eigenvalue weighted by Crippen LogP contribution is 2.44. The van der Waals surface area contributed by atoms with Crippen LogP contribution in [0.25, 0.3) is 0 Å². The van der Waals surface area contributed by atoms with Crippen LogP contribution in [-0.2, 0) is 9.59 Å². The maximum atomic E-state index is 12.9. The lowest BCUT2D eigenvalue weighted by Crippen LogP contribution is -2.31. The first-order valence-electron chi connectivity index (χ1n) is 8.80. The van der Waals surface area contributed by atoms with E-state index in [2.05, 4.69) is 4.98 Å². The van der Waals surface area contributed by atoms with Crippen LogP contribution in [0.15, 0.2) is 54.1 Å². The molecule has 0 radical (unpaired) electrons. The maximum absolute atomic E-state index is 12.9. The Balaban J connectivity index is 2.18.